The van der Waals surface area contributed by atoms with Crippen LogP contribution in [0.3, 0.4) is 0 Å². The minimum atomic E-state index is -0.646. The maximum Gasteiger partial charge on any atom is 0.225 e. The summed E-state index contributed by atoms with van der Waals surface area (Å²) in [5, 5.41) is 2.43. The molecular formula is C20H24F2N4O. The van der Waals surface area contributed by atoms with Crippen LogP contribution < -0.4 is 16.2 Å². The molecule has 5 nitrogen and oxygen atoms in total. The van der Waals surface area contributed by atoms with Crippen LogP contribution in [0, 0.1) is 17.6 Å². The number of hydrazine groups is 1. The molecule has 27 heavy (non-hydrogen) atoms. The molecule has 0 bridgehead atoms. The lowest BCUT2D eigenvalue weighted by Gasteiger charge is -2.24. The highest BCUT2D eigenvalue weighted by Crippen LogP contribution is 2.25. The van der Waals surface area contributed by atoms with E-state index >= 15 is 0 Å². The minimum absolute atomic E-state index is 0.129. The van der Waals surface area contributed by atoms with Crippen molar-refractivity contribution in [1.29, 1.82) is 0 Å². The van der Waals surface area contributed by atoms with Gasteiger partial charge in [0.05, 0.1) is 11.7 Å². The largest absolute Gasteiger partial charge is 0.323 e. The number of carbonyl (C=O) groups is 1. The van der Waals surface area contributed by atoms with Crippen LogP contribution in [0.5, 0.6) is 0 Å². The number of nitrogens with one attached hydrogen (secondary N) is 3. The van der Waals surface area contributed by atoms with Gasteiger partial charge in [-0.3, -0.25) is 10.2 Å². The zero-order valence-electron chi connectivity index (χ0n) is 15.2. The summed E-state index contributed by atoms with van der Waals surface area (Å²) < 4.78 is 26.8. The molecule has 0 radical (unpaired) electrons. The molecule has 1 fully saturated rings. The summed E-state index contributed by atoms with van der Waals surface area (Å²) >= 11 is 0. The number of halogens is 2. The van der Waals surface area contributed by atoms with Gasteiger partial charge in [0.15, 0.2) is 0 Å². The number of rotatable bonds is 7. The Morgan fingerprint density at radius 3 is 2.78 bits per heavy atom. The molecule has 1 aliphatic rings. The fourth-order valence-corrected chi connectivity index (χ4v) is 3.31. The van der Waals surface area contributed by atoms with E-state index in [1.54, 1.807) is 0 Å². The molecule has 0 spiro atoms. The minimum Gasteiger partial charge on any atom is -0.323 e. The van der Waals surface area contributed by atoms with Crippen LogP contribution in [0.4, 0.5) is 14.5 Å². The van der Waals surface area contributed by atoms with Crippen molar-refractivity contribution >= 4 is 11.6 Å². The maximum atomic E-state index is 13.6. The summed E-state index contributed by atoms with van der Waals surface area (Å²) in [7, 11) is 1.95. The molecule has 0 aromatic heterocycles. The molecular weight excluding hydrogens is 350 g/mol. The zero-order chi connectivity index (χ0) is 19.2. The van der Waals surface area contributed by atoms with Crippen molar-refractivity contribution in [3.63, 3.8) is 0 Å². The van der Waals surface area contributed by atoms with Crippen molar-refractivity contribution < 1.29 is 13.6 Å². The molecule has 1 saturated heterocycles. The van der Waals surface area contributed by atoms with E-state index in [1.807, 2.05) is 25.2 Å². The number of amides is 1. The number of hydrogen-bond acceptors (Lipinski definition) is 4. The summed E-state index contributed by atoms with van der Waals surface area (Å²) in [5.74, 6) is -1.21. The number of carbonyl (C=O) groups excluding carboxylic acids is 1. The first-order valence-electron chi connectivity index (χ1n) is 8.99. The van der Waals surface area contributed by atoms with Gasteiger partial charge in [-0.15, -0.1) is 0 Å². The molecule has 144 valence electrons. The Labute approximate surface area is 157 Å². The number of nitrogens with zero attached hydrogens (tertiary/aromatic N) is 1. The SMILES string of the molecule is CN(CCC(=O)Nc1cc(F)ccc1F)CC1CNNC1c1ccccc1. The molecule has 0 aliphatic carbocycles. The molecule has 0 saturated carbocycles. The Morgan fingerprint density at radius 1 is 1.22 bits per heavy atom. The first-order chi connectivity index (χ1) is 13.0. The lowest BCUT2D eigenvalue weighted by Crippen LogP contribution is -2.32. The highest BCUT2D eigenvalue weighted by Gasteiger charge is 2.28. The fraction of sp³-hybridized carbons (Fsp3) is 0.350. The Balaban J connectivity index is 1.48. The number of benzene rings is 2. The first kappa shape index (κ1) is 19.4. The van der Waals surface area contributed by atoms with Crippen LogP contribution in [0.1, 0.15) is 18.0 Å². The van der Waals surface area contributed by atoms with Crippen molar-refractivity contribution in [3.8, 4) is 0 Å². The molecule has 2 aromatic rings. The normalized spacial score (nSPS) is 19.4. The van der Waals surface area contributed by atoms with Crippen molar-refractivity contribution in [2.75, 3.05) is 32.0 Å². The third-order valence-electron chi connectivity index (χ3n) is 4.72. The molecule has 2 aromatic carbocycles. The Morgan fingerprint density at radius 2 is 2.00 bits per heavy atom. The molecule has 1 amide bonds. The zero-order valence-corrected chi connectivity index (χ0v) is 15.2. The van der Waals surface area contributed by atoms with Crippen LogP contribution in [0.2, 0.25) is 0 Å². The summed E-state index contributed by atoms with van der Waals surface area (Å²) in [6.45, 7) is 2.17. The van der Waals surface area contributed by atoms with E-state index in [-0.39, 0.29) is 24.1 Å². The summed E-state index contributed by atoms with van der Waals surface area (Å²) in [6.07, 6.45) is 0.204. The molecule has 2 unspecified atom stereocenters. The Kier molecular flexibility index (Phi) is 6.49. The molecule has 3 N–H and O–H groups in total. The predicted octanol–water partition coefficient (Wildman–Crippen LogP) is 2.69. The highest BCUT2D eigenvalue weighted by molar-refractivity contribution is 5.90. The third kappa shape index (κ3) is 5.32. The van der Waals surface area contributed by atoms with E-state index in [0.29, 0.717) is 12.5 Å². The summed E-state index contributed by atoms with van der Waals surface area (Å²) in [6, 6.07) is 13.4. The van der Waals surface area contributed by atoms with Crippen LogP contribution >= 0.6 is 0 Å². The smallest absolute Gasteiger partial charge is 0.225 e. The van der Waals surface area contributed by atoms with Crippen LogP contribution in [-0.4, -0.2) is 37.5 Å². The van der Waals surface area contributed by atoms with Crippen molar-refractivity contribution in [1.82, 2.24) is 15.8 Å². The summed E-state index contributed by atoms with van der Waals surface area (Å²) in [4.78, 5) is 14.1. The van der Waals surface area contributed by atoms with Gasteiger partial charge in [-0.05, 0) is 24.7 Å². The van der Waals surface area contributed by atoms with Crippen LogP contribution in [-0.2, 0) is 4.79 Å². The van der Waals surface area contributed by atoms with Crippen molar-refractivity contribution in [2.24, 2.45) is 5.92 Å². The standard InChI is InChI=1S/C20H24F2N4O/c1-26(10-9-19(27)24-18-11-16(21)7-8-17(18)22)13-15-12-23-25-20(15)14-5-3-2-4-6-14/h2-8,11,15,20,23,25H,9-10,12-13H2,1H3,(H,24,27). The van der Waals surface area contributed by atoms with Crippen LogP contribution in [0.15, 0.2) is 48.5 Å². The molecule has 7 heteroatoms. The maximum absolute atomic E-state index is 13.6. The average molecular weight is 374 g/mol. The quantitative estimate of drug-likeness (QED) is 0.698. The van der Waals surface area contributed by atoms with E-state index in [0.717, 1.165) is 31.3 Å². The Hall–Kier alpha value is -2.35. The molecule has 2 atom stereocenters. The number of anilines is 1. The van der Waals surface area contributed by atoms with Gasteiger partial charge in [-0.25, -0.2) is 14.2 Å². The third-order valence-corrected chi connectivity index (χ3v) is 4.72. The topological polar surface area (TPSA) is 56.4 Å². The second-order valence-corrected chi connectivity index (χ2v) is 6.86. The lowest BCUT2D eigenvalue weighted by molar-refractivity contribution is -0.116. The van der Waals surface area contributed by atoms with Crippen LogP contribution in [0.25, 0.3) is 0 Å². The van der Waals surface area contributed by atoms with E-state index in [1.165, 1.54) is 5.56 Å². The monoisotopic (exact) mass is 374 g/mol. The van der Waals surface area contributed by atoms with Gasteiger partial charge >= 0.3 is 0 Å². The van der Waals surface area contributed by atoms with E-state index in [4.69, 9.17) is 0 Å². The highest BCUT2D eigenvalue weighted by atomic mass is 19.1. The first-order valence-corrected chi connectivity index (χ1v) is 8.99. The van der Waals surface area contributed by atoms with Gasteiger partial charge in [0.25, 0.3) is 0 Å². The fourth-order valence-electron chi connectivity index (χ4n) is 3.31. The van der Waals surface area contributed by atoms with Gasteiger partial charge < -0.3 is 10.2 Å². The van der Waals surface area contributed by atoms with Gasteiger partial charge in [0, 0.05) is 38.0 Å². The molecule has 1 aliphatic heterocycles. The average Bonchev–Trinajstić information content (AvgIpc) is 3.12. The summed E-state index contributed by atoms with van der Waals surface area (Å²) in [5.41, 5.74) is 7.60. The van der Waals surface area contributed by atoms with Gasteiger partial charge in [-0.2, -0.15) is 0 Å². The van der Waals surface area contributed by atoms with E-state index in [2.05, 4.69) is 33.2 Å². The van der Waals surface area contributed by atoms with Gasteiger partial charge in [-0.1, -0.05) is 30.3 Å². The van der Waals surface area contributed by atoms with E-state index in [9.17, 15) is 13.6 Å². The molecule has 1 heterocycles. The second-order valence-electron chi connectivity index (χ2n) is 6.86. The number of hydrogen-bond donors (Lipinski definition) is 3. The predicted molar refractivity (Wildman–Crippen MR) is 101 cm³/mol. The van der Waals surface area contributed by atoms with E-state index < -0.39 is 11.6 Å². The van der Waals surface area contributed by atoms with Crippen molar-refractivity contribution in [2.45, 2.75) is 12.5 Å². The second kappa shape index (κ2) is 9.03. The Bertz CT molecular complexity index is 772. The van der Waals surface area contributed by atoms with Crippen molar-refractivity contribution in [3.05, 3.63) is 65.7 Å². The van der Waals surface area contributed by atoms with Gasteiger partial charge in [0.1, 0.15) is 11.6 Å². The molecule has 3 rings (SSSR count). The van der Waals surface area contributed by atoms with Gasteiger partial charge in [0.2, 0.25) is 5.91 Å². The lowest BCUT2D eigenvalue weighted by atomic mass is 9.94.